The van der Waals surface area contributed by atoms with E-state index in [1.807, 2.05) is 20.8 Å². The van der Waals surface area contributed by atoms with Crippen LogP contribution in [0.4, 0.5) is 0 Å². The largest absolute Gasteiger partial charge is 0.466 e. The van der Waals surface area contributed by atoms with Crippen LogP contribution in [-0.2, 0) is 23.9 Å². The Balaban J connectivity index is 1.62. The topological polar surface area (TPSA) is 108 Å². The van der Waals surface area contributed by atoms with E-state index in [2.05, 4.69) is 10.2 Å². The molecule has 4 fully saturated rings. The van der Waals surface area contributed by atoms with Gasteiger partial charge in [0.2, 0.25) is 11.8 Å². The minimum Gasteiger partial charge on any atom is -0.466 e. The molecule has 4 aliphatic heterocycles. The molecule has 9 nitrogen and oxygen atoms in total. The molecule has 2 bridgehead atoms. The van der Waals surface area contributed by atoms with Crippen LogP contribution in [0.1, 0.15) is 47.0 Å². The fourth-order valence-corrected chi connectivity index (χ4v) is 9.06. The van der Waals surface area contributed by atoms with Crippen LogP contribution in [-0.4, -0.2) is 107 Å². The molecule has 35 heavy (non-hydrogen) atoms. The highest BCUT2D eigenvalue weighted by molar-refractivity contribution is 8.02. The van der Waals surface area contributed by atoms with E-state index in [4.69, 9.17) is 9.47 Å². The van der Waals surface area contributed by atoms with Crippen molar-refractivity contribution in [2.45, 2.75) is 68.5 Å². The van der Waals surface area contributed by atoms with Gasteiger partial charge in [0.25, 0.3) is 0 Å². The maximum atomic E-state index is 14.0. The van der Waals surface area contributed by atoms with E-state index in [-0.39, 0.29) is 36.9 Å². The summed E-state index contributed by atoms with van der Waals surface area (Å²) in [6, 6.07) is -1.18. The molecule has 4 heterocycles. The van der Waals surface area contributed by atoms with Gasteiger partial charge in [-0.05, 0) is 39.0 Å². The van der Waals surface area contributed by atoms with E-state index < -0.39 is 33.4 Å². The average molecular weight is 512 g/mol. The summed E-state index contributed by atoms with van der Waals surface area (Å²) in [4.78, 5) is 44.9. The maximum Gasteiger partial charge on any atom is 0.311 e. The summed E-state index contributed by atoms with van der Waals surface area (Å²) in [5.74, 6) is -1.67. The lowest BCUT2D eigenvalue weighted by molar-refractivity contribution is -0.155. The van der Waals surface area contributed by atoms with Crippen LogP contribution >= 0.6 is 11.8 Å². The van der Waals surface area contributed by atoms with E-state index >= 15 is 0 Å². The highest BCUT2D eigenvalue weighted by atomic mass is 32.2. The number of thioether (sulfide) groups is 1. The molecule has 2 unspecified atom stereocenters. The van der Waals surface area contributed by atoms with Crippen LogP contribution in [0, 0.1) is 17.8 Å². The highest BCUT2D eigenvalue weighted by Crippen LogP contribution is 2.71. The number of fused-ring (bicyclic) bond motifs is 1. The molecule has 0 aromatic rings. The van der Waals surface area contributed by atoms with Gasteiger partial charge in [0.05, 0.1) is 49.1 Å². The van der Waals surface area contributed by atoms with Crippen molar-refractivity contribution in [1.29, 1.82) is 0 Å². The predicted octanol–water partition coefficient (Wildman–Crippen LogP) is 0.886. The zero-order chi connectivity index (χ0) is 25.4. The van der Waals surface area contributed by atoms with Crippen LogP contribution in [0.2, 0.25) is 0 Å². The molecular formula is C25H41N3O6S. The van der Waals surface area contributed by atoms with Crippen LogP contribution in [0.15, 0.2) is 0 Å². The summed E-state index contributed by atoms with van der Waals surface area (Å²) in [7, 11) is 0. The van der Waals surface area contributed by atoms with Gasteiger partial charge in [-0.3, -0.25) is 19.3 Å². The first kappa shape index (κ1) is 26.7. The Labute approximate surface area is 212 Å². The smallest absolute Gasteiger partial charge is 0.311 e. The molecule has 4 saturated heterocycles. The van der Waals surface area contributed by atoms with E-state index in [1.54, 1.807) is 23.6 Å². The van der Waals surface area contributed by atoms with E-state index in [0.29, 0.717) is 32.6 Å². The molecule has 0 aromatic heterocycles. The number of aliphatic hydroxyl groups excluding tert-OH is 1. The molecule has 4 rings (SSSR count). The third kappa shape index (κ3) is 4.71. The van der Waals surface area contributed by atoms with Gasteiger partial charge >= 0.3 is 5.97 Å². The Morgan fingerprint density at radius 2 is 2.00 bits per heavy atom. The Kier molecular flexibility index (Phi) is 8.05. The van der Waals surface area contributed by atoms with Gasteiger partial charge in [0.1, 0.15) is 6.04 Å². The summed E-state index contributed by atoms with van der Waals surface area (Å²) in [6.45, 7) is 12.2. The minimum absolute atomic E-state index is 0.183. The van der Waals surface area contributed by atoms with Crippen molar-refractivity contribution in [3.8, 4) is 0 Å². The quantitative estimate of drug-likeness (QED) is 0.417. The van der Waals surface area contributed by atoms with Gasteiger partial charge in [-0.1, -0.05) is 13.8 Å². The van der Waals surface area contributed by atoms with Gasteiger partial charge in [-0.25, -0.2) is 0 Å². The Morgan fingerprint density at radius 1 is 1.29 bits per heavy atom. The molecule has 2 amide bonds. The normalized spacial score (nSPS) is 35.4. The summed E-state index contributed by atoms with van der Waals surface area (Å²) < 4.78 is 9.71. The van der Waals surface area contributed by atoms with Crippen molar-refractivity contribution in [2.75, 3.05) is 52.6 Å². The summed E-state index contributed by atoms with van der Waals surface area (Å²) in [5.41, 5.74) is 0. The van der Waals surface area contributed by atoms with Crippen LogP contribution in [0.25, 0.3) is 0 Å². The van der Waals surface area contributed by atoms with Gasteiger partial charge in [0, 0.05) is 30.9 Å². The molecule has 2 N–H and O–H groups in total. The average Bonchev–Trinajstić information content (AvgIpc) is 3.39. The first-order chi connectivity index (χ1) is 16.7. The molecule has 10 heteroatoms. The monoisotopic (exact) mass is 511 g/mol. The number of hydrogen-bond donors (Lipinski definition) is 2. The van der Waals surface area contributed by atoms with Crippen molar-refractivity contribution in [1.82, 2.24) is 15.1 Å². The van der Waals surface area contributed by atoms with Crippen molar-refractivity contribution in [3.05, 3.63) is 0 Å². The van der Waals surface area contributed by atoms with E-state index in [9.17, 15) is 19.5 Å². The maximum absolute atomic E-state index is 14.0. The SMILES string of the molecule is CCOC(=O)[C@@H]1[C@H]2C(=O)N([C@@H](CO)CC(C)C)C(C(=O)NCCN3CCOCC3)C23CC[C@@]1(C)S3. The van der Waals surface area contributed by atoms with Gasteiger partial charge in [-0.2, -0.15) is 0 Å². The number of esters is 1. The third-order valence-corrected chi connectivity index (χ3v) is 10.2. The molecule has 0 aliphatic carbocycles. The molecule has 198 valence electrons. The first-order valence-corrected chi connectivity index (χ1v) is 13.9. The second kappa shape index (κ2) is 10.6. The van der Waals surface area contributed by atoms with Gasteiger partial charge < -0.3 is 24.8 Å². The number of carbonyl (C=O) groups is 3. The van der Waals surface area contributed by atoms with E-state index in [1.165, 1.54) is 0 Å². The summed E-state index contributed by atoms with van der Waals surface area (Å²) in [6.07, 6.45) is 2.04. The number of likely N-dealkylation sites (tertiary alicyclic amines) is 1. The second-order valence-corrected chi connectivity index (χ2v) is 12.8. The Hall–Kier alpha value is -1.36. The minimum atomic E-state index is -0.716. The lowest BCUT2D eigenvalue weighted by atomic mass is 9.66. The highest BCUT2D eigenvalue weighted by Gasteiger charge is 2.77. The number of carbonyl (C=O) groups excluding carboxylic acids is 3. The number of nitrogens with zero attached hydrogens (tertiary/aromatic N) is 2. The second-order valence-electron chi connectivity index (χ2n) is 10.9. The molecule has 0 aromatic carbocycles. The standard InChI is InChI=1S/C25H41N3O6S/c1-5-34-23(32)19-18-22(31)28(17(15-29)14-16(2)3)20(25(18)7-6-24(19,4)35-25)21(30)26-8-9-27-10-12-33-13-11-27/h16-20,29H,5-15H2,1-4H3,(H,26,30)/t17-,18+,19+,20?,24-,25?/m1/s1. The molecule has 6 atom stereocenters. The van der Waals surface area contributed by atoms with Crippen molar-refractivity contribution in [2.24, 2.45) is 17.8 Å². The summed E-state index contributed by atoms with van der Waals surface area (Å²) in [5, 5.41) is 13.4. The molecule has 4 aliphatic rings. The summed E-state index contributed by atoms with van der Waals surface area (Å²) >= 11 is 1.63. The van der Waals surface area contributed by atoms with Crippen LogP contribution < -0.4 is 5.32 Å². The fourth-order valence-electron chi connectivity index (χ4n) is 6.73. The lowest BCUT2D eigenvalue weighted by Crippen LogP contribution is -2.57. The number of morpholine rings is 1. The first-order valence-electron chi connectivity index (χ1n) is 13.1. The van der Waals surface area contributed by atoms with Gasteiger partial charge in [-0.15, -0.1) is 11.8 Å². The van der Waals surface area contributed by atoms with Crippen molar-refractivity contribution in [3.63, 3.8) is 0 Å². The Bertz CT molecular complexity index is 821. The number of ether oxygens (including phenoxy) is 2. The number of amides is 2. The number of hydrogen-bond acceptors (Lipinski definition) is 8. The number of aliphatic hydroxyl groups is 1. The zero-order valence-electron chi connectivity index (χ0n) is 21.5. The van der Waals surface area contributed by atoms with Crippen molar-refractivity contribution >= 4 is 29.5 Å². The lowest BCUT2D eigenvalue weighted by Gasteiger charge is -2.37. The Morgan fingerprint density at radius 3 is 2.63 bits per heavy atom. The predicted molar refractivity (Wildman–Crippen MR) is 133 cm³/mol. The molecule has 0 radical (unpaired) electrons. The van der Waals surface area contributed by atoms with E-state index in [0.717, 1.165) is 26.1 Å². The van der Waals surface area contributed by atoms with Crippen LogP contribution in [0.3, 0.4) is 0 Å². The van der Waals surface area contributed by atoms with Crippen molar-refractivity contribution < 1.29 is 29.0 Å². The fraction of sp³-hybridized carbons (Fsp3) is 0.880. The number of nitrogens with one attached hydrogen (secondary N) is 1. The molecule has 0 saturated carbocycles. The van der Waals surface area contributed by atoms with Gasteiger partial charge in [0.15, 0.2) is 0 Å². The molecule has 1 spiro atoms. The van der Waals surface area contributed by atoms with Crippen LogP contribution in [0.5, 0.6) is 0 Å². The third-order valence-electron chi connectivity index (χ3n) is 8.18. The zero-order valence-corrected chi connectivity index (χ0v) is 22.3. The number of rotatable bonds is 10. The molecular weight excluding hydrogens is 470 g/mol.